The second kappa shape index (κ2) is 10.3. The number of aliphatic hydroxyl groups excluding tert-OH is 3. The first-order valence-electron chi connectivity index (χ1n) is 10.1. The highest BCUT2D eigenvalue weighted by Crippen LogP contribution is 2.33. The summed E-state index contributed by atoms with van der Waals surface area (Å²) >= 11 is 0. The van der Waals surface area contributed by atoms with Gasteiger partial charge >= 0.3 is 5.97 Å². The van der Waals surface area contributed by atoms with Gasteiger partial charge in [0.05, 0.1) is 30.8 Å². The number of carbonyl (C=O) groups is 1. The van der Waals surface area contributed by atoms with Crippen LogP contribution in [0.2, 0.25) is 0 Å². The summed E-state index contributed by atoms with van der Waals surface area (Å²) in [5.74, 6) is -0.766. The molecule has 2 aliphatic rings. The van der Waals surface area contributed by atoms with E-state index in [1.807, 2.05) is 0 Å². The van der Waals surface area contributed by atoms with Gasteiger partial charge in [0.1, 0.15) is 0 Å². The Bertz CT molecular complexity index is 469. The lowest BCUT2D eigenvalue weighted by molar-refractivity contribution is -0.139. The molecule has 0 aromatic heterocycles. The van der Waals surface area contributed by atoms with Crippen LogP contribution in [0.5, 0.6) is 0 Å². The molecule has 2 rings (SSSR count). The molecule has 0 aromatic rings. The maximum Gasteiger partial charge on any atom is 0.305 e. The molecule has 6 heteroatoms. The van der Waals surface area contributed by atoms with Crippen LogP contribution in [0.15, 0.2) is 12.3 Å². The molecule has 0 aliphatic carbocycles. The Morgan fingerprint density at radius 3 is 2.54 bits per heavy atom. The van der Waals surface area contributed by atoms with Gasteiger partial charge in [-0.1, -0.05) is 31.8 Å². The third-order valence-electron chi connectivity index (χ3n) is 5.99. The second-order valence-electron chi connectivity index (χ2n) is 8.04. The number of fused-ring (bicyclic) bond motifs is 1. The largest absolute Gasteiger partial charge is 0.481 e. The molecule has 6 nitrogen and oxygen atoms in total. The number of nitrogens with zero attached hydrogens (tertiary/aromatic N) is 1. The van der Waals surface area contributed by atoms with E-state index in [9.17, 15) is 20.1 Å². The lowest BCUT2D eigenvalue weighted by Gasteiger charge is -2.46. The van der Waals surface area contributed by atoms with Crippen molar-refractivity contribution in [3.05, 3.63) is 12.3 Å². The van der Waals surface area contributed by atoms with Gasteiger partial charge in [-0.05, 0) is 45.2 Å². The van der Waals surface area contributed by atoms with Crippen molar-refractivity contribution in [3.8, 4) is 0 Å². The molecule has 0 saturated carbocycles. The topological polar surface area (TPSA) is 101 Å². The highest BCUT2D eigenvalue weighted by atomic mass is 16.4. The van der Waals surface area contributed by atoms with E-state index >= 15 is 0 Å². The van der Waals surface area contributed by atoms with Crippen LogP contribution in [-0.2, 0) is 4.79 Å². The summed E-state index contributed by atoms with van der Waals surface area (Å²) in [4.78, 5) is 12.7. The smallest absolute Gasteiger partial charge is 0.305 e. The van der Waals surface area contributed by atoms with Crippen LogP contribution in [0.25, 0.3) is 0 Å². The van der Waals surface area contributed by atoms with E-state index in [0.29, 0.717) is 12.5 Å². The minimum Gasteiger partial charge on any atom is -0.481 e. The Labute approximate surface area is 156 Å². The van der Waals surface area contributed by atoms with Crippen LogP contribution in [0.4, 0.5) is 0 Å². The summed E-state index contributed by atoms with van der Waals surface area (Å²) in [6, 6.07) is 0.577. The van der Waals surface area contributed by atoms with Crippen molar-refractivity contribution in [2.45, 2.75) is 102 Å². The Balaban J connectivity index is 1.62. The molecule has 0 amide bonds. The van der Waals surface area contributed by atoms with Crippen LogP contribution >= 0.6 is 0 Å². The molecule has 6 atom stereocenters. The van der Waals surface area contributed by atoms with Gasteiger partial charge in [-0.15, -0.1) is 0 Å². The Morgan fingerprint density at radius 1 is 1.15 bits per heavy atom. The highest BCUT2D eigenvalue weighted by molar-refractivity contribution is 5.67. The quantitative estimate of drug-likeness (QED) is 0.441. The van der Waals surface area contributed by atoms with Crippen molar-refractivity contribution in [3.63, 3.8) is 0 Å². The summed E-state index contributed by atoms with van der Waals surface area (Å²) in [5.41, 5.74) is 0. The Kier molecular flexibility index (Phi) is 8.38. The Morgan fingerprint density at radius 2 is 1.85 bits per heavy atom. The predicted octanol–water partition coefficient (Wildman–Crippen LogP) is 2.27. The number of hydrogen-bond donors (Lipinski definition) is 4. The normalized spacial score (nSPS) is 30.7. The molecule has 0 aromatic carbocycles. The first-order valence-corrected chi connectivity index (χ1v) is 10.1. The average Bonchev–Trinajstić information content (AvgIpc) is 2.60. The van der Waals surface area contributed by atoms with Crippen molar-refractivity contribution in [2.24, 2.45) is 5.92 Å². The predicted molar refractivity (Wildman–Crippen MR) is 99.5 cm³/mol. The average molecular weight is 370 g/mol. The zero-order valence-electron chi connectivity index (χ0n) is 15.8. The van der Waals surface area contributed by atoms with Crippen LogP contribution in [0, 0.1) is 5.92 Å². The number of aliphatic hydroxyl groups is 3. The summed E-state index contributed by atoms with van der Waals surface area (Å²) in [6.07, 6.45) is 10.5. The lowest BCUT2D eigenvalue weighted by Crippen LogP contribution is -2.51. The highest BCUT2D eigenvalue weighted by Gasteiger charge is 2.36. The first kappa shape index (κ1) is 21.2. The molecule has 2 aliphatic heterocycles. The third-order valence-corrected chi connectivity index (χ3v) is 5.99. The van der Waals surface area contributed by atoms with E-state index in [0.717, 1.165) is 51.4 Å². The minimum absolute atomic E-state index is 0.152. The number of unbranched alkanes of at least 4 members (excludes halogenated alkanes) is 3. The lowest BCUT2D eigenvalue weighted by atomic mass is 9.82. The fourth-order valence-electron chi connectivity index (χ4n) is 4.27. The number of hydrogen-bond acceptors (Lipinski definition) is 5. The van der Waals surface area contributed by atoms with Crippen LogP contribution in [-0.4, -0.2) is 61.7 Å². The van der Waals surface area contributed by atoms with E-state index in [4.69, 9.17) is 5.11 Å². The van der Waals surface area contributed by atoms with E-state index in [1.165, 1.54) is 0 Å². The number of carboxylic acid groups (broad SMARTS) is 1. The Hall–Kier alpha value is -1.11. The molecule has 0 radical (unpaired) electrons. The number of carboxylic acids is 1. The fraction of sp³-hybridized carbons (Fsp3) is 0.850. The summed E-state index contributed by atoms with van der Waals surface area (Å²) in [7, 11) is 0. The van der Waals surface area contributed by atoms with Crippen molar-refractivity contribution in [1.29, 1.82) is 0 Å². The summed E-state index contributed by atoms with van der Waals surface area (Å²) < 4.78 is 0. The maximum absolute atomic E-state index is 10.5. The molecule has 0 spiro atoms. The van der Waals surface area contributed by atoms with Gasteiger partial charge in [0.25, 0.3) is 0 Å². The number of rotatable bonds is 10. The molecule has 1 saturated heterocycles. The van der Waals surface area contributed by atoms with Gasteiger partial charge < -0.3 is 25.3 Å². The first-order chi connectivity index (χ1) is 12.4. The van der Waals surface area contributed by atoms with Gasteiger partial charge in [-0.3, -0.25) is 4.79 Å². The van der Waals surface area contributed by atoms with E-state index in [-0.39, 0.29) is 30.6 Å². The van der Waals surface area contributed by atoms with E-state index < -0.39 is 12.1 Å². The van der Waals surface area contributed by atoms with Gasteiger partial charge in [0.15, 0.2) is 0 Å². The molecule has 0 bridgehead atoms. The van der Waals surface area contributed by atoms with Crippen LogP contribution < -0.4 is 0 Å². The molecule has 6 unspecified atom stereocenters. The van der Waals surface area contributed by atoms with Crippen molar-refractivity contribution in [2.75, 3.05) is 0 Å². The van der Waals surface area contributed by atoms with Crippen LogP contribution in [0.1, 0.15) is 71.1 Å². The van der Waals surface area contributed by atoms with Crippen molar-refractivity contribution >= 4 is 5.97 Å². The van der Waals surface area contributed by atoms with Crippen LogP contribution in [0.3, 0.4) is 0 Å². The van der Waals surface area contributed by atoms with Crippen molar-refractivity contribution in [1.82, 2.24) is 4.90 Å². The second-order valence-corrected chi connectivity index (χ2v) is 8.04. The van der Waals surface area contributed by atoms with Gasteiger partial charge in [-0.25, -0.2) is 0 Å². The molecular formula is C20H35NO5. The zero-order chi connectivity index (χ0) is 19.1. The standard InChI is InChI=1S/C20H35NO5/c1-14-18(23)9-8-16-12-15(10-11-21(14)16)19(24)7-5-3-2-4-6-17(22)13-20(25)26/h10-11,14-19,22-24H,2-9,12-13H2,1H3,(H,25,26). The van der Waals surface area contributed by atoms with E-state index in [1.54, 1.807) is 0 Å². The fourth-order valence-corrected chi connectivity index (χ4v) is 4.27. The van der Waals surface area contributed by atoms with Gasteiger partial charge in [0.2, 0.25) is 0 Å². The van der Waals surface area contributed by atoms with Gasteiger partial charge in [-0.2, -0.15) is 0 Å². The summed E-state index contributed by atoms with van der Waals surface area (Å²) in [6.45, 7) is 2.06. The van der Waals surface area contributed by atoms with Gasteiger partial charge in [0, 0.05) is 12.0 Å². The molecule has 26 heavy (non-hydrogen) atoms. The number of aliphatic carboxylic acids is 1. The number of piperidine rings is 1. The minimum atomic E-state index is -0.957. The van der Waals surface area contributed by atoms with E-state index in [2.05, 4.69) is 24.1 Å². The SMILES string of the molecule is CC1C(O)CCC2CC(C(O)CCCCCCC(O)CC(=O)O)C=CN21. The molecule has 150 valence electrons. The van der Waals surface area contributed by atoms with Crippen molar-refractivity contribution < 1.29 is 25.2 Å². The molecular weight excluding hydrogens is 334 g/mol. The summed E-state index contributed by atoms with van der Waals surface area (Å²) in [5, 5.41) is 38.6. The molecule has 4 N–H and O–H groups in total. The monoisotopic (exact) mass is 369 g/mol. The zero-order valence-corrected chi connectivity index (χ0v) is 15.8. The maximum atomic E-state index is 10.5. The third kappa shape index (κ3) is 6.25. The molecule has 2 heterocycles. The molecule has 1 fully saturated rings.